The summed E-state index contributed by atoms with van der Waals surface area (Å²) in [7, 11) is -3.80. The largest absolute Gasteiger partial charge is 0.351 e. The van der Waals surface area contributed by atoms with Gasteiger partial charge in [0.15, 0.2) is 0 Å². The number of carbonyl (C=O) groups is 1. The molecule has 0 fully saturated rings. The summed E-state index contributed by atoms with van der Waals surface area (Å²) in [5.41, 5.74) is 4.25. The number of nitrogens with zero attached hydrogens (tertiary/aromatic N) is 1. The van der Waals surface area contributed by atoms with Gasteiger partial charge in [0.05, 0.1) is 4.90 Å². The summed E-state index contributed by atoms with van der Waals surface area (Å²) in [6.45, 7) is 14.0. The molecule has 1 amide bonds. The van der Waals surface area contributed by atoms with Gasteiger partial charge in [-0.05, 0) is 72.9 Å². The van der Waals surface area contributed by atoms with Gasteiger partial charge in [-0.25, -0.2) is 8.42 Å². The Hall–Kier alpha value is -3.62. The molecule has 7 nitrogen and oxygen atoms in total. The van der Waals surface area contributed by atoms with E-state index in [1.807, 2.05) is 42.5 Å². The third-order valence-corrected chi connectivity index (χ3v) is 8.60. The molecule has 4 aromatic rings. The molecule has 0 radical (unpaired) electrons. The van der Waals surface area contributed by atoms with Crippen LogP contribution in [-0.2, 0) is 15.4 Å². The van der Waals surface area contributed by atoms with Gasteiger partial charge >= 0.3 is 0 Å². The van der Waals surface area contributed by atoms with Crippen molar-refractivity contribution in [2.75, 3.05) is 30.9 Å². The Morgan fingerprint density at radius 3 is 2.23 bits per heavy atom. The summed E-state index contributed by atoms with van der Waals surface area (Å²) < 4.78 is 29.2. The van der Waals surface area contributed by atoms with E-state index in [0.717, 1.165) is 53.6 Å². The fraction of sp³-hybridized carbons (Fsp3) is 0.344. The number of anilines is 1. The maximum Gasteiger partial charge on any atom is 0.268 e. The molecule has 0 saturated carbocycles. The van der Waals surface area contributed by atoms with Crippen molar-refractivity contribution in [3.63, 3.8) is 0 Å². The molecule has 0 aliphatic carbocycles. The molecule has 40 heavy (non-hydrogen) atoms. The predicted molar refractivity (Wildman–Crippen MR) is 164 cm³/mol. The summed E-state index contributed by atoms with van der Waals surface area (Å²) in [6, 6.07) is 21.9. The Labute approximate surface area is 238 Å². The highest BCUT2D eigenvalue weighted by atomic mass is 32.2. The second-order valence-corrected chi connectivity index (χ2v) is 12.7. The first-order chi connectivity index (χ1) is 19.0. The number of aromatic amines is 1. The highest BCUT2D eigenvalue weighted by Gasteiger charge is 2.21. The average molecular weight is 561 g/mol. The molecule has 0 saturated heterocycles. The second-order valence-electron chi connectivity index (χ2n) is 11.0. The van der Waals surface area contributed by atoms with Gasteiger partial charge in [0.2, 0.25) is 0 Å². The molecule has 4 rings (SSSR count). The Morgan fingerprint density at radius 2 is 1.60 bits per heavy atom. The number of amides is 1. The SMILES string of the molecule is CCN(CC)CCCNC(=O)c1[nH]c2ccc(NS(=O)(=O)c3ccc(C(C)(C)C)cc3)cc2c1-c1ccccc1. The van der Waals surface area contributed by atoms with Crippen LogP contribution in [0.2, 0.25) is 0 Å². The molecule has 0 unspecified atom stereocenters. The molecular formula is C32H40N4O3S. The van der Waals surface area contributed by atoms with Gasteiger partial charge in [0, 0.05) is 28.7 Å². The molecule has 0 aliphatic heterocycles. The quantitative estimate of drug-likeness (QED) is 0.185. The van der Waals surface area contributed by atoms with E-state index in [-0.39, 0.29) is 16.2 Å². The molecule has 3 N–H and O–H groups in total. The average Bonchev–Trinajstić information content (AvgIpc) is 3.32. The van der Waals surface area contributed by atoms with Crippen molar-refractivity contribution in [2.24, 2.45) is 0 Å². The number of fused-ring (bicyclic) bond motifs is 1. The van der Waals surface area contributed by atoms with E-state index in [1.165, 1.54) is 0 Å². The Morgan fingerprint density at radius 1 is 0.925 bits per heavy atom. The van der Waals surface area contributed by atoms with Gasteiger partial charge < -0.3 is 15.2 Å². The van der Waals surface area contributed by atoms with Crippen LogP contribution in [0.1, 0.15) is 57.1 Å². The maximum absolute atomic E-state index is 13.3. The molecule has 1 heterocycles. The number of aromatic nitrogens is 1. The van der Waals surface area contributed by atoms with Gasteiger partial charge in [-0.3, -0.25) is 9.52 Å². The standard InChI is InChI=1S/C32H40N4O3S/c1-6-36(7-2)21-11-20-33-31(37)30-29(23-12-9-8-10-13-23)27-22-25(16-19-28(27)34-30)35-40(38,39)26-17-14-24(15-18-26)32(3,4)5/h8-10,12-19,22,34-35H,6-7,11,20-21H2,1-5H3,(H,33,37). The van der Waals surface area contributed by atoms with Crippen molar-refractivity contribution in [3.8, 4) is 11.1 Å². The van der Waals surface area contributed by atoms with Crippen LogP contribution in [-0.4, -0.2) is 50.4 Å². The van der Waals surface area contributed by atoms with E-state index >= 15 is 0 Å². The fourth-order valence-electron chi connectivity index (χ4n) is 4.81. The Bertz CT molecular complexity index is 1550. The first-order valence-electron chi connectivity index (χ1n) is 13.9. The first kappa shape index (κ1) is 29.4. The van der Waals surface area contributed by atoms with E-state index in [9.17, 15) is 13.2 Å². The third kappa shape index (κ3) is 6.74. The minimum absolute atomic E-state index is 0.0712. The zero-order valence-corrected chi connectivity index (χ0v) is 24.9. The second kappa shape index (κ2) is 12.3. The van der Waals surface area contributed by atoms with E-state index in [2.05, 4.69) is 54.5 Å². The van der Waals surface area contributed by atoms with Crippen LogP contribution in [0.5, 0.6) is 0 Å². The Kier molecular flexibility index (Phi) is 9.01. The van der Waals surface area contributed by atoms with E-state index in [1.54, 1.807) is 30.3 Å². The minimum atomic E-state index is -3.80. The van der Waals surface area contributed by atoms with Crippen LogP contribution < -0.4 is 10.0 Å². The number of benzene rings is 3. The van der Waals surface area contributed by atoms with E-state index in [4.69, 9.17) is 0 Å². The van der Waals surface area contributed by atoms with Crippen molar-refractivity contribution in [3.05, 3.63) is 84.1 Å². The summed E-state index contributed by atoms with van der Waals surface area (Å²) in [5.74, 6) is -0.185. The summed E-state index contributed by atoms with van der Waals surface area (Å²) in [6.07, 6.45) is 0.858. The first-order valence-corrected chi connectivity index (χ1v) is 15.4. The molecule has 0 atom stereocenters. The van der Waals surface area contributed by atoms with Crippen LogP contribution in [0.15, 0.2) is 77.7 Å². The zero-order chi connectivity index (χ0) is 28.9. The summed E-state index contributed by atoms with van der Waals surface area (Å²) in [5, 5.41) is 3.82. The summed E-state index contributed by atoms with van der Waals surface area (Å²) in [4.78, 5) is 19.1. The highest BCUT2D eigenvalue weighted by Crippen LogP contribution is 2.35. The van der Waals surface area contributed by atoms with Gasteiger partial charge in [-0.15, -0.1) is 0 Å². The van der Waals surface area contributed by atoms with Crippen LogP contribution in [0.25, 0.3) is 22.0 Å². The molecular weight excluding hydrogens is 520 g/mol. The Balaban J connectivity index is 1.63. The molecule has 0 spiro atoms. The zero-order valence-electron chi connectivity index (χ0n) is 24.0. The summed E-state index contributed by atoms with van der Waals surface area (Å²) >= 11 is 0. The van der Waals surface area contributed by atoms with Gasteiger partial charge in [-0.2, -0.15) is 0 Å². The molecule has 0 aliphatic rings. The number of sulfonamides is 1. The number of nitrogens with one attached hydrogen (secondary N) is 3. The lowest BCUT2D eigenvalue weighted by Gasteiger charge is -2.19. The highest BCUT2D eigenvalue weighted by molar-refractivity contribution is 7.92. The monoisotopic (exact) mass is 560 g/mol. The van der Waals surface area contributed by atoms with Crippen molar-refractivity contribution >= 4 is 32.5 Å². The van der Waals surface area contributed by atoms with E-state index < -0.39 is 10.0 Å². The van der Waals surface area contributed by atoms with Crippen molar-refractivity contribution in [1.29, 1.82) is 0 Å². The minimum Gasteiger partial charge on any atom is -0.351 e. The number of H-pyrrole nitrogens is 1. The lowest BCUT2D eigenvalue weighted by atomic mass is 9.87. The number of carbonyl (C=O) groups excluding carboxylic acids is 1. The van der Waals surface area contributed by atoms with Gasteiger partial charge in [0.25, 0.3) is 15.9 Å². The maximum atomic E-state index is 13.3. The molecule has 3 aromatic carbocycles. The topological polar surface area (TPSA) is 94.3 Å². The smallest absolute Gasteiger partial charge is 0.268 e. The number of rotatable bonds is 11. The number of hydrogen-bond donors (Lipinski definition) is 3. The third-order valence-electron chi connectivity index (χ3n) is 7.20. The fourth-order valence-corrected chi connectivity index (χ4v) is 5.86. The van der Waals surface area contributed by atoms with Crippen LogP contribution >= 0.6 is 0 Å². The van der Waals surface area contributed by atoms with E-state index in [0.29, 0.717) is 17.9 Å². The van der Waals surface area contributed by atoms with Crippen LogP contribution in [0, 0.1) is 0 Å². The number of hydrogen-bond acceptors (Lipinski definition) is 4. The molecule has 212 valence electrons. The van der Waals surface area contributed by atoms with Gasteiger partial charge in [0.1, 0.15) is 5.69 Å². The van der Waals surface area contributed by atoms with Crippen LogP contribution in [0.3, 0.4) is 0 Å². The molecule has 1 aromatic heterocycles. The molecule has 8 heteroatoms. The van der Waals surface area contributed by atoms with Crippen molar-refractivity contribution < 1.29 is 13.2 Å². The van der Waals surface area contributed by atoms with Crippen molar-refractivity contribution in [2.45, 2.75) is 51.3 Å². The normalized spacial score (nSPS) is 12.2. The van der Waals surface area contributed by atoms with Crippen LogP contribution in [0.4, 0.5) is 5.69 Å². The van der Waals surface area contributed by atoms with Gasteiger partial charge in [-0.1, -0.05) is 77.1 Å². The predicted octanol–water partition coefficient (Wildman–Crippen LogP) is 6.39. The lowest BCUT2D eigenvalue weighted by molar-refractivity contribution is 0.0948. The lowest BCUT2D eigenvalue weighted by Crippen LogP contribution is -2.30. The van der Waals surface area contributed by atoms with Crippen molar-refractivity contribution in [1.82, 2.24) is 15.2 Å². The molecule has 0 bridgehead atoms.